The van der Waals surface area contributed by atoms with Gasteiger partial charge in [-0.2, -0.15) is 0 Å². The van der Waals surface area contributed by atoms with E-state index in [9.17, 15) is 4.79 Å². The van der Waals surface area contributed by atoms with Crippen molar-refractivity contribution in [1.29, 1.82) is 0 Å². The Labute approximate surface area is 121 Å². The SMILES string of the molecule is CCC(N)C(c1ccc(C)cc1)N1CCCNC(=O)C1. The Bertz CT molecular complexity index is 444. The first-order valence-electron chi connectivity index (χ1n) is 7.44. The highest BCUT2D eigenvalue weighted by Crippen LogP contribution is 2.26. The van der Waals surface area contributed by atoms with E-state index in [2.05, 4.69) is 48.3 Å². The predicted molar refractivity (Wildman–Crippen MR) is 81.4 cm³/mol. The molecule has 1 amide bonds. The minimum Gasteiger partial charge on any atom is -0.355 e. The maximum Gasteiger partial charge on any atom is 0.234 e. The lowest BCUT2D eigenvalue weighted by molar-refractivity contribution is -0.122. The van der Waals surface area contributed by atoms with Crippen molar-refractivity contribution in [2.75, 3.05) is 19.6 Å². The molecule has 4 nitrogen and oxygen atoms in total. The third-order valence-corrected chi connectivity index (χ3v) is 3.98. The lowest BCUT2D eigenvalue weighted by atomic mass is 9.95. The third kappa shape index (κ3) is 3.58. The van der Waals surface area contributed by atoms with E-state index in [0.29, 0.717) is 6.54 Å². The average Bonchev–Trinajstić information content (AvgIpc) is 2.65. The lowest BCUT2D eigenvalue weighted by Gasteiger charge is -2.34. The number of nitrogens with zero attached hydrogens (tertiary/aromatic N) is 1. The molecule has 1 aromatic carbocycles. The summed E-state index contributed by atoms with van der Waals surface area (Å²) in [6.07, 6.45) is 1.88. The number of aryl methyl sites for hydroxylation is 1. The van der Waals surface area contributed by atoms with Gasteiger partial charge in [-0.1, -0.05) is 36.8 Å². The van der Waals surface area contributed by atoms with Crippen LogP contribution in [-0.2, 0) is 4.79 Å². The maximum absolute atomic E-state index is 11.8. The minimum atomic E-state index is 0.0450. The van der Waals surface area contributed by atoms with Crippen LogP contribution in [0.15, 0.2) is 24.3 Å². The highest BCUT2D eigenvalue weighted by molar-refractivity contribution is 5.78. The van der Waals surface area contributed by atoms with E-state index in [4.69, 9.17) is 5.73 Å². The van der Waals surface area contributed by atoms with Crippen molar-refractivity contribution in [3.63, 3.8) is 0 Å². The van der Waals surface area contributed by atoms with E-state index in [0.717, 1.165) is 25.9 Å². The van der Waals surface area contributed by atoms with E-state index >= 15 is 0 Å². The number of hydrogen-bond acceptors (Lipinski definition) is 3. The first-order chi connectivity index (χ1) is 9.61. The van der Waals surface area contributed by atoms with Crippen LogP contribution in [0.3, 0.4) is 0 Å². The molecular formula is C16H25N3O. The van der Waals surface area contributed by atoms with Crippen LogP contribution in [0.1, 0.15) is 36.9 Å². The Morgan fingerprint density at radius 2 is 2.05 bits per heavy atom. The molecule has 1 fully saturated rings. The molecule has 1 aromatic rings. The fraction of sp³-hybridized carbons (Fsp3) is 0.562. The first-order valence-corrected chi connectivity index (χ1v) is 7.44. The van der Waals surface area contributed by atoms with Crippen molar-refractivity contribution in [2.45, 2.75) is 38.8 Å². The van der Waals surface area contributed by atoms with Gasteiger partial charge in [-0.15, -0.1) is 0 Å². The number of amides is 1. The van der Waals surface area contributed by atoms with Crippen LogP contribution < -0.4 is 11.1 Å². The molecule has 1 aliphatic rings. The van der Waals surface area contributed by atoms with Gasteiger partial charge in [0.05, 0.1) is 12.6 Å². The van der Waals surface area contributed by atoms with Gasteiger partial charge in [-0.25, -0.2) is 0 Å². The summed E-state index contributed by atoms with van der Waals surface area (Å²) in [5.41, 5.74) is 8.79. The molecule has 0 radical (unpaired) electrons. The number of benzene rings is 1. The lowest BCUT2D eigenvalue weighted by Crippen LogP contribution is -2.43. The van der Waals surface area contributed by atoms with Crippen molar-refractivity contribution in [2.24, 2.45) is 5.73 Å². The molecule has 110 valence electrons. The van der Waals surface area contributed by atoms with E-state index in [1.54, 1.807) is 0 Å². The second-order valence-electron chi connectivity index (χ2n) is 5.60. The van der Waals surface area contributed by atoms with E-state index < -0.39 is 0 Å². The van der Waals surface area contributed by atoms with Crippen molar-refractivity contribution in [3.05, 3.63) is 35.4 Å². The van der Waals surface area contributed by atoms with Gasteiger partial charge in [0.15, 0.2) is 0 Å². The second kappa shape index (κ2) is 6.86. The van der Waals surface area contributed by atoms with Gasteiger partial charge < -0.3 is 11.1 Å². The topological polar surface area (TPSA) is 58.4 Å². The molecule has 2 rings (SSSR count). The Morgan fingerprint density at radius 3 is 2.70 bits per heavy atom. The standard InChI is InChI=1S/C16H25N3O/c1-3-14(17)16(13-7-5-12(2)6-8-13)19-10-4-9-18-15(20)11-19/h5-8,14,16H,3-4,9-11,17H2,1-2H3,(H,18,20). The minimum absolute atomic E-state index is 0.0450. The van der Waals surface area contributed by atoms with E-state index in [1.165, 1.54) is 11.1 Å². The summed E-state index contributed by atoms with van der Waals surface area (Å²) in [5, 5.41) is 2.93. The zero-order chi connectivity index (χ0) is 14.5. The van der Waals surface area contributed by atoms with Crippen LogP contribution >= 0.6 is 0 Å². The molecule has 2 atom stereocenters. The summed E-state index contributed by atoms with van der Waals surface area (Å²) in [6, 6.07) is 8.66. The molecule has 0 aliphatic carbocycles. The number of hydrogen-bond donors (Lipinski definition) is 2. The molecule has 3 N–H and O–H groups in total. The average molecular weight is 275 g/mol. The number of nitrogens with one attached hydrogen (secondary N) is 1. The molecule has 1 saturated heterocycles. The molecule has 2 unspecified atom stereocenters. The Balaban J connectivity index is 2.26. The summed E-state index contributed by atoms with van der Waals surface area (Å²) < 4.78 is 0. The van der Waals surface area contributed by atoms with Crippen LogP contribution in [0.2, 0.25) is 0 Å². The third-order valence-electron chi connectivity index (χ3n) is 3.98. The van der Waals surface area contributed by atoms with Crippen LogP contribution in [-0.4, -0.2) is 36.5 Å². The summed E-state index contributed by atoms with van der Waals surface area (Å²) >= 11 is 0. The van der Waals surface area contributed by atoms with Gasteiger partial charge in [0.1, 0.15) is 0 Å². The highest BCUT2D eigenvalue weighted by Gasteiger charge is 2.28. The smallest absolute Gasteiger partial charge is 0.234 e. The fourth-order valence-corrected chi connectivity index (χ4v) is 2.78. The number of carbonyl (C=O) groups is 1. The molecule has 0 bridgehead atoms. The highest BCUT2D eigenvalue weighted by atomic mass is 16.2. The molecule has 1 heterocycles. The summed E-state index contributed by atoms with van der Waals surface area (Å²) in [4.78, 5) is 14.0. The first kappa shape index (κ1) is 15.0. The van der Waals surface area contributed by atoms with Gasteiger partial charge in [0.25, 0.3) is 0 Å². The molecule has 4 heteroatoms. The van der Waals surface area contributed by atoms with Crippen molar-refractivity contribution in [3.8, 4) is 0 Å². The van der Waals surface area contributed by atoms with Crippen LogP contribution in [0.25, 0.3) is 0 Å². The van der Waals surface area contributed by atoms with Crippen LogP contribution in [0, 0.1) is 6.92 Å². The van der Waals surface area contributed by atoms with E-state index in [1.807, 2.05) is 0 Å². The van der Waals surface area contributed by atoms with E-state index in [-0.39, 0.29) is 18.0 Å². The quantitative estimate of drug-likeness (QED) is 0.877. The molecular weight excluding hydrogens is 250 g/mol. The molecule has 0 spiro atoms. The van der Waals surface area contributed by atoms with Crippen molar-refractivity contribution >= 4 is 5.91 Å². The zero-order valence-electron chi connectivity index (χ0n) is 12.4. The second-order valence-corrected chi connectivity index (χ2v) is 5.60. The Kier molecular flexibility index (Phi) is 5.15. The predicted octanol–water partition coefficient (Wildman–Crippen LogP) is 1.60. The summed E-state index contributed by atoms with van der Waals surface area (Å²) in [5.74, 6) is 0.0999. The molecule has 1 aliphatic heterocycles. The van der Waals surface area contributed by atoms with Crippen molar-refractivity contribution in [1.82, 2.24) is 10.2 Å². The number of nitrogens with two attached hydrogens (primary N) is 1. The molecule has 0 saturated carbocycles. The zero-order valence-corrected chi connectivity index (χ0v) is 12.4. The fourth-order valence-electron chi connectivity index (χ4n) is 2.78. The number of rotatable bonds is 4. The van der Waals surface area contributed by atoms with Gasteiger partial charge in [0, 0.05) is 19.1 Å². The van der Waals surface area contributed by atoms with Crippen LogP contribution in [0.4, 0.5) is 0 Å². The van der Waals surface area contributed by atoms with Crippen molar-refractivity contribution < 1.29 is 4.79 Å². The molecule has 0 aromatic heterocycles. The number of carbonyl (C=O) groups excluding carboxylic acids is 1. The van der Waals surface area contributed by atoms with Crippen LogP contribution in [0.5, 0.6) is 0 Å². The van der Waals surface area contributed by atoms with Gasteiger partial charge in [-0.05, 0) is 25.3 Å². The maximum atomic E-state index is 11.8. The monoisotopic (exact) mass is 275 g/mol. The largest absolute Gasteiger partial charge is 0.355 e. The molecule has 20 heavy (non-hydrogen) atoms. The Morgan fingerprint density at radius 1 is 1.35 bits per heavy atom. The summed E-state index contributed by atoms with van der Waals surface area (Å²) in [6.45, 7) is 6.29. The van der Waals surface area contributed by atoms with Gasteiger partial charge >= 0.3 is 0 Å². The van der Waals surface area contributed by atoms with Gasteiger partial charge in [0.2, 0.25) is 5.91 Å². The summed E-state index contributed by atoms with van der Waals surface area (Å²) in [7, 11) is 0. The van der Waals surface area contributed by atoms with Gasteiger partial charge in [-0.3, -0.25) is 9.69 Å². The Hall–Kier alpha value is -1.39. The normalized spacial score (nSPS) is 20.1.